The van der Waals surface area contributed by atoms with Crippen molar-refractivity contribution in [3.8, 4) is 0 Å². The van der Waals surface area contributed by atoms with Gasteiger partial charge in [-0.15, -0.1) is 0 Å². The first-order valence-electron chi connectivity index (χ1n) is 6.41. The minimum Gasteiger partial charge on any atom is -0.324 e. The largest absolute Gasteiger partial charge is 0.419 e. The molecular formula is C14H19F4N. The third kappa shape index (κ3) is 4.20. The van der Waals surface area contributed by atoms with E-state index in [2.05, 4.69) is 0 Å². The summed E-state index contributed by atoms with van der Waals surface area (Å²) in [6, 6.07) is 2.50. The van der Waals surface area contributed by atoms with E-state index in [4.69, 9.17) is 5.73 Å². The predicted octanol–water partition coefficient (Wildman–Crippen LogP) is 4.67. The van der Waals surface area contributed by atoms with E-state index in [0.717, 1.165) is 25.0 Å². The summed E-state index contributed by atoms with van der Waals surface area (Å²) in [7, 11) is 0. The van der Waals surface area contributed by atoms with Gasteiger partial charge in [-0.05, 0) is 30.0 Å². The van der Waals surface area contributed by atoms with Gasteiger partial charge in [0, 0.05) is 6.04 Å². The Morgan fingerprint density at radius 2 is 1.74 bits per heavy atom. The Kier molecular flexibility index (Phi) is 5.35. The number of halogens is 4. The van der Waals surface area contributed by atoms with E-state index < -0.39 is 23.6 Å². The van der Waals surface area contributed by atoms with Crippen molar-refractivity contribution in [3.63, 3.8) is 0 Å². The van der Waals surface area contributed by atoms with Gasteiger partial charge in [-0.3, -0.25) is 0 Å². The number of benzene rings is 1. The summed E-state index contributed by atoms with van der Waals surface area (Å²) >= 11 is 0. The summed E-state index contributed by atoms with van der Waals surface area (Å²) in [6.45, 7) is 4.04. The molecule has 1 nitrogen and oxygen atoms in total. The smallest absolute Gasteiger partial charge is 0.324 e. The van der Waals surface area contributed by atoms with Crippen LogP contribution in [-0.2, 0) is 6.18 Å². The number of hydrogen-bond acceptors (Lipinski definition) is 1. The third-order valence-corrected chi connectivity index (χ3v) is 3.47. The highest BCUT2D eigenvalue weighted by molar-refractivity contribution is 5.29. The Hall–Kier alpha value is -1.10. The van der Waals surface area contributed by atoms with Crippen LogP contribution in [0.5, 0.6) is 0 Å². The van der Waals surface area contributed by atoms with E-state index in [1.54, 1.807) is 0 Å². The Morgan fingerprint density at radius 1 is 1.16 bits per heavy atom. The van der Waals surface area contributed by atoms with Gasteiger partial charge in [0.25, 0.3) is 0 Å². The lowest BCUT2D eigenvalue weighted by atomic mass is 9.91. The molecular weight excluding hydrogens is 258 g/mol. The number of nitrogens with two attached hydrogens (primary N) is 1. The highest BCUT2D eigenvalue weighted by atomic mass is 19.4. The van der Waals surface area contributed by atoms with Crippen LogP contribution < -0.4 is 5.73 Å². The van der Waals surface area contributed by atoms with Gasteiger partial charge >= 0.3 is 6.18 Å². The van der Waals surface area contributed by atoms with Gasteiger partial charge in [-0.1, -0.05) is 32.8 Å². The van der Waals surface area contributed by atoms with Crippen molar-refractivity contribution >= 4 is 0 Å². The number of alkyl halides is 3. The Labute approximate surface area is 110 Å². The Morgan fingerprint density at radius 3 is 2.21 bits per heavy atom. The predicted molar refractivity (Wildman–Crippen MR) is 67.0 cm³/mol. The van der Waals surface area contributed by atoms with Crippen LogP contribution >= 0.6 is 0 Å². The van der Waals surface area contributed by atoms with Gasteiger partial charge in [0.05, 0.1) is 5.56 Å². The zero-order valence-corrected chi connectivity index (χ0v) is 11.1. The molecule has 0 saturated carbocycles. The highest BCUT2D eigenvalue weighted by Crippen LogP contribution is 2.33. The first-order valence-corrected chi connectivity index (χ1v) is 6.41. The molecule has 1 aromatic rings. The number of rotatable bonds is 5. The van der Waals surface area contributed by atoms with E-state index in [1.165, 1.54) is 6.07 Å². The molecule has 0 amide bonds. The van der Waals surface area contributed by atoms with Crippen LogP contribution in [0.3, 0.4) is 0 Å². The highest BCUT2D eigenvalue weighted by Gasteiger charge is 2.34. The van der Waals surface area contributed by atoms with Gasteiger partial charge in [0.2, 0.25) is 0 Å². The molecule has 0 heterocycles. The first-order chi connectivity index (χ1) is 8.79. The molecule has 0 aliphatic carbocycles. The van der Waals surface area contributed by atoms with Crippen LogP contribution in [0.25, 0.3) is 0 Å². The van der Waals surface area contributed by atoms with Crippen LogP contribution in [0.15, 0.2) is 18.2 Å². The monoisotopic (exact) mass is 277 g/mol. The van der Waals surface area contributed by atoms with E-state index >= 15 is 0 Å². The molecule has 0 spiro atoms. The molecule has 0 saturated heterocycles. The molecule has 0 aromatic heterocycles. The molecule has 108 valence electrons. The fraction of sp³-hybridized carbons (Fsp3) is 0.571. The lowest BCUT2D eigenvalue weighted by Gasteiger charge is -2.19. The summed E-state index contributed by atoms with van der Waals surface area (Å²) in [5, 5.41) is 0. The maximum absolute atomic E-state index is 13.2. The van der Waals surface area contributed by atoms with Crippen molar-refractivity contribution in [1.82, 2.24) is 0 Å². The molecule has 0 bridgehead atoms. The fourth-order valence-corrected chi connectivity index (χ4v) is 2.11. The van der Waals surface area contributed by atoms with Crippen LogP contribution in [0, 0.1) is 11.7 Å². The molecule has 2 N–H and O–H groups in total. The molecule has 0 aliphatic rings. The zero-order chi connectivity index (χ0) is 14.6. The topological polar surface area (TPSA) is 26.0 Å². The normalized spacial score (nSPS) is 13.9. The molecule has 0 fully saturated rings. The summed E-state index contributed by atoms with van der Waals surface area (Å²) in [6.07, 6.45) is -2.22. The Bertz CT molecular complexity index is 410. The van der Waals surface area contributed by atoms with Crippen molar-refractivity contribution < 1.29 is 17.6 Å². The van der Waals surface area contributed by atoms with E-state index in [0.29, 0.717) is 17.9 Å². The van der Waals surface area contributed by atoms with Crippen molar-refractivity contribution in [1.29, 1.82) is 0 Å². The van der Waals surface area contributed by atoms with Gasteiger partial charge in [0.1, 0.15) is 5.82 Å². The summed E-state index contributed by atoms with van der Waals surface area (Å²) < 4.78 is 51.0. The van der Waals surface area contributed by atoms with Gasteiger partial charge in [-0.2, -0.15) is 13.2 Å². The van der Waals surface area contributed by atoms with Crippen molar-refractivity contribution in [2.75, 3.05) is 0 Å². The summed E-state index contributed by atoms with van der Waals surface area (Å²) in [4.78, 5) is 0. The maximum Gasteiger partial charge on any atom is 0.419 e. The average Bonchev–Trinajstić information content (AvgIpc) is 2.34. The molecule has 0 radical (unpaired) electrons. The lowest BCUT2D eigenvalue weighted by molar-refractivity contribution is -0.140. The molecule has 1 atom stereocenters. The second kappa shape index (κ2) is 6.37. The van der Waals surface area contributed by atoms with Crippen molar-refractivity contribution in [2.45, 2.75) is 45.3 Å². The van der Waals surface area contributed by atoms with Crippen LogP contribution in [-0.4, -0.2) is 0 Å². The van der Waals surface area contributed by atoms with Crippen LogP contribution in [0.2, 0.25) is 0 Å². The summed E-state index contributed by atoms with van der Waals surface area (Å²) in [5.74, 6) is -0.889. The zero-order valence-electron chi connectivity index (χ0n) is 11.1. The van der Waals surface area contributed by atoms with Gasteiger partial charge < -0.3 is 5.73 Å². The summed E-state index contributed by atoms with van der Waals surface area (Å²) in [5.41, 5.74) is 5.01. The fourth-order valence-electron chi connectivity index (χ4n) is 2.11. The quantitative estimate of drug-likeness (QED) is 0.777. The third-order valence-electron chi connectivity index (χ3n) is 3.47. The minimum absolute atomic E-state index is 0.334. The van der Waals surface area contributed by atoms with Crippen LogP contribution in [0.4, 0.5) is 17.6 Å². The SMILES string of the molecule is CCC(CC)CC(N)c1ccc(F)c(C(F)(F)F)c1. The first kappa shape index (κ1) is 16.0. The van der Waals surface area contributed by atoms with Crippen molar-refractivity contribution in [2.24, 2.45) is 11.7 Å². The van der Waals surface area contributed by atoms with Crippen molar-refractivity contribution in [3.05, 3.63) is 35.1 Å². The van der Waals surface area contributed by atoms with Gasteiger partial charge in [-0.25, -0.2) is 4.39 Å². The maximum atomic E-state index is 13.2. The van der Waals surface area contributed by atoms with Gasteiger partial charge in [0.15, 0.2) is 0 Å². The molecule has 0 aliphatic heterocycles. The molecule has 1 unspecified atom stereocenters. The second-order valence-electron chi connectivity index (χ2n) is 4.76. The van der Waals surface area contributed by atoms with E-state index in [-0.39, 0.29) is 0 Å². The number of hydrogen-bond donors (Lipinski definition) is 1. The van der Waals surface area contributed by atoms with E-state index in [1.807, 2.05) is 13.8 Å². The molecule has 5 heteroatoms. The molecule has 19 heavy (non-hydrogen) atoms. The molecule has 1 aromatic carbocycles. The van der Waals surface area contributed by atoms with E-state index in [9.17, 15) is 17.6 Å². The standard InChI is InChI=1S/C14H19F4N/c1-3-9(4-2)7-13(19)10-5-6-12(15)11(8-10)14(16,17)18/h5-6,8-9,13H,3-4,7,19H2,1-2H3. The Balaban J connectivity index is 2.96. The van der Waals surface area contributed by atoms with Crippen LogP contribution in [0.1, 0.15) is 50.3 Å². The average molecular weight is 277 g/mol. The second-order valence-corrected chi connectivity index (χ2v) is 4.76. The minimum atomic E-state index is -4.69. The molecule has 1 rings (SSSR count). The lowest BCUT2D eigenvalue weighted by Crippen LogP contribution is -2.17.